The Morgan fingerprint density at radius 3 is 2.80 bits per heavy atom. The molecule has 1 rings (SSSR count). The number of nitrogens with zero attached hydrogens (tertiary/aromatic N) is 2. The second-order valence-electron chi connectivity index (χ2n) is 3.07. The van der Waals surface area contributed by atoms with Gasteiger partial charge in [-0.25, -0.2) is 9.97 Å². The van der Waals surface area contributed by atoms with Crippen LogP contribution in [0.3, 0.4) is 0 Å². The van der Waals surface area contributed by atoms with Crippen LogP contribution in [0.25, 0.3) is 0 Å². The van der Waals surface area contributed by atoms with Gasteiger partial charge in [0.1, 0.15) is 12.0 Å². The van der Waals surface area contributed by atoms with Crippen molar-refractivity contribution in [3.05, 3.63) is 11.5 Å². The van der Waals surface area contributed by atoms with Crippen molar-refractivity contribution in [2.45, 2.75) is 19.4 Å². The van der Waals surface area contributed by atoms with Crippen LogP contribution in [0.2, 0.25) is 5.15 Å². The summed E-state index contributed by atoms with van der Waals surface area (Å²) < 4.78 is 0. The zero-order chi connectivity index (χ0) is 11.3. The summed E-state index contributed by atoms with van der Waals surface area (Å²) in [5.74, 6) is 0.610. The first-order valence-corrected chi connectivity index (χ1v) is 5.16. The molecule has 6 heteroatoms. The van der Waals surface area contributed by atoms with Crippen molar-refractivity contribution in [2.24, 2.45) is 0 Å². The number of aliphatic hydroxyl groups excluding tert-OH is 1. The molecule has 1 atom stereocenters. The molecule has 0 aromatic carbocycles. The Kier molecular flexibility index (Phi) is 4.58. The highest BCUT2D eigenvalue weighted by atomic mass is 35.5. The first-order chi connectivity index (χ1) is 7.22. The van der Waals surface area contributed by atoms with E-state index in [0.717, 1.165) is 6.42 Å². The third-order valence-electron chi connectivity index (χ3n) is 2.11. The summed E-state index contributed by atoms with van der Waals surface area (Å²) in [4.78, 5) is 7.92. The Morgan fingerprint density at radius 1 is 1.53 bits per heavy atom. The normalized spacial score (nSPS) is 12.3. The Hall–Kier alpha value is -1.07. The maximum Gasteiger partial charge on any atom is 0.157 e. The lowest BCUT2D eigenvalue weighted by molar-refractivity contribution is 0.271. The van der Waals surface area contributed by atoms with Crippen molar-refractivity contribution in [3.8, 4) is 0 Å². The van der Waals surface area contributed by atoms with Crippen LogP contribution in [0, 0.1) is 0 Å². The lowest BCUT2D eigenvalue weighted by Crippen LogP contribution is -2.24. The molecule has 0 unspecified atom stereocenters. The summed E-state index contributed by atoms with van der Waals surface area (Å²) in [6.45, 7) is 2.04. The van der Waals surface area contributed by atoms with E-state index < -0.39 is 0 Å². The smallest absolute Gasteiger partial charge is 0.157 e. The first-order valence-electron chi connectivity index (χ1n) is 4.78. The van der Waals surface area contributed by atoms with E-state index in [1.54, 1.807) is 7.05 Å². The molecule has 0 bridgehead atoms. The van der Waals surface area contributed by atoms with Crippen LogP contribution < -0.4 is 10.6 Å². The quantitative estimate of drug-likeness (QED) is 0.667. The van der Waals surface area contributed by atoms with Crippen LogP contribution in [0.15, 0.2) is 6.33 Å². The summed E-state index contributed by atoms with van der Waals surface area (Å²) in [7, 11) is 1.75. The number of rotatable bonds is 5. The molecular weight excluding hydrogens is 216 g/mol. The molecule has 0 radical (unpaired) electrons. The molecule has 0 aliphatic rings. The van der Waals surface area contributed by atoms with E-state index in [0.29, 0.717) is 16.7 Å². The van der Waals surface area contributed by atoms with Crippen LogP contribution in [0.5, 0.6) is 0 Å². The zero-order valence-electron chi connectivity index (χ0n) is 8.79. The van der Waals surface area contributed by atoms with E-state index >= 15 is 0 Å². The Labute approximate surface area is 93.9 Å². The van der Waals surface area contributed by atoms with Gasteiger partial charge in [0.05, 0.1) is 12.6 Å². The number of halogens is 1. The third-order valence-corrected chi connectivity index (χ3v) is 2.39. The highest BCUT2D eigenvalue weighted by molar-refractivity contribution is 6.32. The van der Waals surface area contributed by atoms with E-state index in [9.17, 15) is 0 Å². The molecule has 0 amide bonds. The topological polar surface area (TPSA) is 70.1 Å². The Bertz CT molecular complexity index is 317. The van der Waals surface area contributed by atoms with Gasteiger partial charge in [-0.15, -0.1) is 0 Å². The van der Waals surface area contributed by atoms with Gasteiger partial charge in [0, 0.05) is 7.05 Å². The second-order valence-corrected chi connectivity index (χ2v) is 3.43. The van der Waals surface area contributed by atoms with Gasteiger partial charge in [-0.05, 0) is 6.42 Å². The van der Waals surface area contributed by atoms with Crippen molar-refractivity contribution in [1.82, 2.24) is 9.97 Å². The molecule has 15 heavy (non-hydrogen) atoms. The number of aromatic nitrogens is 2. The van der Waals surface area contributed by atoms with Gasteiger partial charge in [-0.2, -0.15) is 0 Å². The molecule has 0 fully saturated rings. The highest BCUT2D eigenvalue weighted by Gasteiger charge is 2.11. The van der Waals surface area contributed by atoms with Crippen molar-refractivity contribution in [1.29, 1.82) is 0 Å². The van der Waals surface area contributed by atoms with E-state index in [1.165, 1.54) is 6.33 Å². The van der Waals surface area contributed by atoms with Crippen LogP contribution >= 0.6 is 11.6 Å². The van der Waals surface area contributed by atoms with E-state index in [-0.39, 0.29) is 12.6 Å². The number of aliphatic hydroxyl groups is 1. The molecule has 5 nitrogen and oxygen atoms in total. The fourth-order valence-corrected chi connectivity index (χ4v) is 1.39. The van der Waals surface area contributed by atoms with Gasteiger partial charge >= 0.3 is 0 Å². The SMILES string of the molecule is CC[C@@H](CO)Nc1ncnc(Cl)c1NC. The van der Waals surface area contributed by atoms with Gasteiger partial charge in [-0.3, -0.25) is 0 Å². The fourth-order valence-electron chi connectivity index (χ4n) is 1.17. The number of nitrogens with one attached hydrogen (secondary N) is 2. The van der Waals surface area contributed by atoms with E-state index in [1.807, 2.05) is 6.92 Å². The predicted octanol–water partition coefficient (Wildman–Crippen LogP) is 1.35. The van der Waals surface area contributed by atoms with Crippen LogP contribution in [-0.4, -0.2) is 34.8 Å². The van der Waals surface area contributed by atoms with E-state index in [4.69, 9.17) is 16.7 Å². The molecule has 0 aliphatic heterocycles. The van der Waals surface area contributed by atoms with Crippen LogP contribution in [0.4, 0.5) is 11.5 Å². The standard InChI is InChI=1S/C9H15ClN4O/c1-3-6(4-15)14-9-7(11-2)8(10)12-5-13-9/h5-6,11,15H,3-4H2,1-2H3,(H,12,13,14)/t6-/m0/s1. The predicted molar refractivity (Wildman–Crippen MR) is 61.4 cm³/mol. The van der Waals surface area contributed by atoms with Gasteiger partial charge in [0.2, 0.25) is 0 Å². The van der Waals surface area contributed by atoms with Gasteiger partial charge in [-0.1, -0.05) is 18.5 Å². The fraction of sp³-hybridized carbons (Fsp3) is 0.556. The number of anilines is 2. The minimum Gasteiger partial charge on any atom is -0.394 e. The van der Waals surface area contributed by atoms with Gasteiger partial charge < -0.3 is 15.7 Å². The monoisotopic (exact) mass is 230 g/mol. The zero-order valence-corrected chi connectivity index (χ0v) is 9.54. The second kappa shape index (κ2) is 5.72. The lowest BCUT2D eigenvalue weighted by atomic mass is 10.2. The van der Waals surface area contributed by atoms with Crippen LogP contribution in [-0.2, 0) is 0 Å². The number of hydrogen-bond donors (Lipinski definition) is 3. The summed E-state index contributed by atoms with van der Waals surface area (Å²) in [5.41, 5.74) is 0.645. The summed E-state index contributed by atoms with van der Waals surface area (Å²) in [6.07, 6.45) is 2.19. The molecule has 1 heterocycles. The lowest BCUT2D eigenvalue weighted by Gasteiger charge is -2.17. The molecule has 0 saturated carbocycles. The van der Waals surface area contributed by atoms with Crippen LogP contribution in [0.1, 0.15) is 13.3 Å². The number of hydrogen-bond acceptors (Lipinski definition) is 5. The largest absolute Gasteiger partial charge is 0.394 e. The summed E-state index contributed by atoms with van der Waals surface area (Å²) >= 11 is 5.88. The third kappa shape index (κ3) is 2.94. The summed E-state index contributed by atoms with van der Waals surface area (Å²) in [6, 6.07) is -0.0249. The minimum atomic E-state index is -0.0249. The van der Waals surface area contributed by atoms with Crippen molar-refractivity contribution in [2.75, 3.05) is 24.3 Å². The van der Waals surface area contributed by atoms with E-state index in [2.05, 4.69) is 20.6 Å². The minimum absolute atomic E-state index is 0.0249. The Balaban J connectivity index is 2.88. The molecule has 0 saturated heterocycles. The Morgan fingerprint density at radius 2 is 2.27 bits per heavy atom. The van der Waals surface area contributed by atoms with Crippen molar-refractivity contribution < 1.29 is 5.11 Å². The molecular formula is C9H15ClN4O. The molecule has 0 spiro atoms. The highest BCUT2D eigenvalue weighted by Crippen LogP contribution is 2.25. The maximum atomic E-state index is 9.06. The van der Waals surface area contributed by atoms with Crippen molar-refractivity contribution >= 4 is 23.1 Å². The average Bonchev–Trinajstić information content (AvgIpc) is 2.26. The summed E-state index contributed by atoms with van der Waals surface area (Å²) in [5, 5.41) is 15.4. The molecule has 84 valence electrons. The average molecular weight is 231 g/mol. The van der Waals surface area contributed by atoms with Crippen molar-refractivity contribution in [3.63, 3.8) is 0 Å². The molecule has 1 aromatic heterocycles. The van der Waals surface area contributed by atoms with Gasteiger partial charge in [0.25, 0.3) is 0 Å². The first kappa shape index (κ1) is 12.0. The molecule has 0 aliphatic carbocycles. The van der Waals surface area contributed by atoms with Gasteiger partial charge in [0.15, 0.2) is 11.0 Å². The molecule has 3 N–H and O–H groups in total. The molecule has 1 aromatic rings. The maximum absolute atomic E-state index is 9.06.